The molecule has 174 valence electrons. The largest absolute Gasteiger partial charge is 0.348 e. The zero-order valence-electron chi connectivity index (χ0n) is 19.4. The van der Waals surface area contributed by atoms with Crippen LogP contribution in [-0.2, 0) is 18.8 Å². The summed E-state index contributed by atoms with van der Waals surface area (Å²) < 4.78 is 2.22. The van der Waals surface area contributed by atoms with Crippen LogP contribution in [0.2, 0.25) is 0 Å². The molecule has 0 saturated heterocycles. The molecule has 0 atom stereocenters. The smallest absolute Gasteiger partial charge is 0.251 e. The second-order valence-electron chi connectivity index (χ2n) is 8.36. The summed E-state index contributed by atoms with van der Waals surface area (Å²) in [5.74, 6) is 0.655. The molecule has 0 aliphatic rings. The zero-order chi connectivity index (χ0) is 24.0. The summed E-state index contributed by atoms with van der Waals surface area (Å²) in [6, 6.07) is 22.1. The highest BCUT2D eigenvalue weighted by atomic mass is 32.2. The number of carbonyl (C=O) groups is 1. The SMILES string of the molecule is Cc1ccc(Cn2c(SCc3ccc(C(=O)NCc4cccnc4)cc3)nc3ccncc32)cc1. The van der Waals surface area contributed by atoms with Gasteiger partial charge in [0.2, 0.25) is 0 Å². The summed E-state index contributed by atoms with van der Waals surface area (Å²) in [6.45, 7) is 3.29. The van der Waals surface area contributed by atoms with Gasteiger partial charge in [-0.2, -0.15) is 0 Å². The van der Waals surface area contributed by atoms with E-state index in [1.165, 1.54) is 11.1 Å². The van der Waals surface area contributed by atoms with Gasteiger partial charge < -0.3 is 9.88 Å². The van der Waals surface area contributed by atoms with Crippen LogP contribution in [-0.4, -0.2) is 25.4 Å². The molecule has 0 aliphatic heterocycles. The number of rotatable bonds is 8. The molecule has 0 unspecified atom stereocenters. The number of amides is 1. The van der Waals surface area contributed by atoms with Crippen LogP contribution >= 0.6 is 11.8 Å². The number of fused-ring (bicyclic) bond motifs is 1. The molecule has 35 heavy (non-hydrogen) atoms. The Morgan fingerprint density at radius 3 is 2.43 bits per heavy atom. The van der Waals surface area contributed by atoms with Gasteiger partial charge in [0.25, 0.3) is 5.91 Å². The van der Waals surface area contributed by atoms with E-state index in [2.05, 4.69) is 51.0 Å². The van der Waals surface area contributed by atoms with E-state index < -0.39 is 0 Å². The summed E-state index contributed by atoms with van der Waals surface area (Å²) in [6.07, 6.45) is 7.12. The first-order chi connectivity index (χ1) is 17.2. The van der Waals surface area contributed by atoms with Gasteiger partial charge in [-0.1, -0.05) is 59.8 Å². The lowest BCUT2D eigenvalue weighted by molar-refractivity contribution is 0.0951. The molecule has 3 aromatic heterocycles. The second-order valence-corrected chi connectivity index (χ2v) is 9.30. The van der Waals surface area contributed by atoms with E-state index in [-0.39, 0.29) is 5.91 Å². The molecule has 0 radical (unpaired) electrons. The van der Waals surface area contributed by atoms with Crippen LogP contribution in [0.1, 0.15) is 32.6 Å². The summed E-state index contributed by atoms with van der Waals surface area (Å²) in [7, 11) is 0. The highest BCUT2D eigenvalue weighted by Crippen LogP contribution is 2.27. The lowest BCUT2D eigenvalue weighted by atomic mass is 10.1. The van der Waals surface area contributed by atoms with E-state index >= 15 is 0 Å². The van der Waals surface area contributed by atoms with Gasteiger partial charge in [0.1, 0.15) is 0 Å². The summed E-state index contributed by atoms with van der Waals surface area (Å²) in [5, 5.41) is 3.89. The maximum atomic E-state index is 12.5. The Kier molecular flexibility index (Phi) is 6.86. The Balaban J connectivity index is 1.27. The molecule has 1 N–H and O–H groups in total. The van der Waals surface area contributed by atoms with Gasteiger partial charge in [-0.3, -0.25) is 14.8 Å². The number of benzene rings is 2. The second kappa shape index (κ2) is 10.5. The Labute approximate surface area is 208 Å². The number of hydrogen-bond acceptors (Lipinski definition) is 5. The monoisotopic (exact) mass is 479 g/mol. The standard InChI is InChI=1S/C28H25N5OS/c1-20-4-6-21(7-5-20)18-33-26-17-30-14-12-25(26)32-28(33)35-19-22-8-10-24(11-9-22)27(34)31-16-23-3-2-13-29-15-23/h2-15,17H,16,18-19H2,1H3,(H,31,34). The predicted octanol–water partition coefficient (Wildman–Crippen LogP) is 5.41. The molecular formula is C28H25N5OS. The van der Waals surface area contributed by atoms with Gasteiger partial charge in [0.05, 0.1) is 23.8 Å². The van der Waals surface area contributed by atoms with Crippen molar-refractivity contribution in [2.75, 3.05) is 0 Å². The number of nitrogens with zero attached hydrogens (tertiary/aromatic N) is 4. The third-order valence-corrected chi connectivity index (χ3v) is 6.78. The lowest BCUT2D eigenvalue weighted by Crippen LogP contribution is -2.22. The number of hydrogen-bond donors (Lipinski definition) is 1. The van der Waals surface area contributed by atoms with Crippen molar-refractivity contribution in [1.82, 2.24) is 24.8 Å². The summed E-state index contributed by atoms with van der Waals surface area (Å²) in [5.41, 5.74) is 7.17. The van der Waals surface area contributed by atoms with Crippen LogP contribution in [0.15, 0.2) is 96.7 Å². The van der Waals surface area contributed by atoms with Gasteiger partial charge in [-0.25, -0.2) is 4.98 Å². The van der Waals surface area contributed by atoms with Crippen molar-refractivity contribution in [2.45, 2.75) is 30.9 Å². The van der Waals surface area contributed by atoms with Crippen molar-refractivity contribution >= 4 is 28.7 Å². The van der Waals surface area contributed by atoms with Crippen LogP contribution in [0.4, 0.5) is 0 Å². The van der Waals surface area contributed by atoms with E-state index in [0.29, 0.717) is 12.1 Å². The van der Waals surface area contributed by atoms with Crippen molar-refractivity contribution in [3.8, 4) is 0 Å². The number of nitrogens with one attached hydrogen (secondary N) is 1. The fourth-order valence-corrected chi connectivity index (χ4v) is 4.74. The quantitative estimate of drug-likeness (QED) is 0.302. The third-order valence-electron chi connectivity index (χ3n) is 5.74. The molecule has 5 aromatic rings. The molecule has 1 amide bonds. The lowest BCUT2D eigenvalue weighted by Gasteiger charge is -2.10. The minimum atomic E-state index is -0.0968. The maximum Gasteiger partial charge on any atom is 0.251 e. The van der Waals surface area contributed by atoms with Gasteiger partial charge in [0, 0.05) is 36.5 Å². The maximum absolute atomic E-state index is 12.5. The van der Waals surface area contributed by atoms with Crippen LogP contribution in [0, 0.1) is 6.92 Å². The Morgan fingerprint density at radius 1 is 0.886 bits per heavy atom. The number of pyridine rings is 2. The summed E-state index contributed by atoms with van der Waals surface area (Å²) >= 11 is 1.69. The van der Waals surface area contributed by atoms with E-state index in [1.54, 1.807) is 30.4 Å². The van der Waals surface area contributed by atoms with Crippen molar-refractivity contribution in [2.24, 2.45) is 0 Å². The molecule has 0 saturated carbocycles. The first kappa shape index (κ1) is 22.8. The first-order valence-electron chi connectivity index (χ1n) is 11.4. The number of aromatic nitrogens is 4. The average Bonchev–Trinajstić information content (AvgIpc) is 3.25. The molecule has 5 rings (SSSR count). The van der Waals surface area contributed by atoms with Crippen molar-refractivity contribution in [3.63, 3.8) is 0 Å². The van der Waals surface area contributed by atoms with E-state index in [9.17, 15) is 4.79 Å². The third kappa shape index (κ3) is 5.58. The molecule has 0 fully saturated rings. The molecule has 3 heterocycles. The van der Waals surface area contributed by atoms with Crippen molar-refractivity contribution < 1.29 is 4.79 Å². The number of carbonyl (C=O) groups excluding carboxylic acids is 1. The van der Waals surface area contributed by atoms with Gasteiger partial charge in [-0.05, 0) is 47.9 Å². The Morgan fingerprint density at radius 2 is 1.66 bits per heavy atom. The normalized spacial score (nSPS) is 11.0. The van der Waals surface area contributed by atoms with Gasteiger partial charge in [0.15, 0.2) is 5.16 Å². The minimum absolute atomic E-state index is 0.0968. The molecule has 0 spiro atoms. The van der Waals surface area contributed by atoms with Gasteiger partial charge >= 0.3 is 0 Å². The topological polar surface area (TPSA) is 72.7 Å². The molecular weight excluding hydrogens is 454 g/mol. The van der Waals surface area contributed by atoms with E-state index in [1.807, 2.05) is 48.7 Å². The Bertz CT molecular complexity index is 1430. The van der Waals surface area contributed by atoms with Gasteiger partial charge in [-0.15, -0.1) is 0 Å². The highest BCUT2D eigenvalue weighted by molar-refractivity contribution is 7.98. The molecule has 0 aliphatic carbocycles. The number of aryl methyl sites for hydroxylation is 1. The average molecular weight is 480 g/mol. The predicted molar refractivity (Wildman–Crippen MR) is 139 cm³/mol. The minimum Gasteiger partial charge on any atom is -0.348 e. The van der Waals surface area contributed by atoms with Crippen molar-refractivity contribution in [1.29, 1.82) is 0 Å². The fraction of sp³-hybridized carbons (Fsp3) is 0.143. The highest BCUT2D eigenvalue weighted by Gasteiger charge is 2.13. The van der Waals surface area contributed by atoms with E-state index in [4.69, 9.17) is 4.98 Å². The zero-order valence-corrected chi connectivity index (χ0v) is 20.2. The molecule has 2 aromatic carbocycles. The van der Waals surface area contributed by atoms with Crippen LogP contribution < -0.4 is 5.32 Å². The molecule has 7 heteroatoms. The van der Waals surface area contributed by atoms with Crippen LogP contribution in [0.3, 0.4) is 0 Å². The fourth-order valence-electron chi connectivity index (χ4n) is 3.77. The number of thioether (sulfide) groups is 1. The van der Waals surface area contributed by atoms with Crippen molar-refractivity contribution in [3.05, 3.63) is 119 Å². The molecule has 0 bridgehead atoms. The first-order valence-corrected chi connectivity index (χ1v) is 12.4. The summed E-state index contributed by atoms with van der Waals surface area (Å²) in [4.78, 5) is 25.7. The van der Waals surface area contributed by atoms with Crippen LogP contribution in [0.25, 0.3) is 11.0 Å². The Hall–Kier alpha value is -3.97. The van der Waals surface area contributed by atoms with Crippen LogP contribution in [0.5, 0.6) is 0 Å². The number of imidazole rings is 1. The van der Waals surface area contributed by atoms with E-state index in [0.717, 1.165) is 39.6 Å². The molecule has 6 nitrogen and oxygen atoms in total.